The first-order valence-corrected chi connectivity index (χ1v) is 20.5. The van der Waals surface area contributed by atoms with Crippen LogP contribution in [0, 0.1) is 5.92 Å². The van der Waals surface area contributed by atoms with E-state index < -0.39 is 77.9 Å². The van der Waals surface area contributed by atoms with E-state index >= 15 is 0 Å². The molecular weight excluding hydrogens is 785 g/mol. The molecule has 0 bridgehead atoms. The second-order valence-corrected chi connectivity index (χ2v) is 15.8. The minimum Gasteiger partial charge on any atom is -0.489 e. The van der Waals surface area contributed by atoms with Gasteiger partial charge >= 0.3 is 6.09 Å². The first-order chi connectivity index (χ1) is 28.9. The molecule has 3 aromatic carbocycles. The summed E-state index contributed by atoms with van der Waals surface area (Å²) in [6, 6.07) is 19.8. The number of unbranched alkanes of at least 4 members (excludes halogenated alkanes) is 2. The normalized spacial score (nSPS) is 13.7. The summed E-state index contributed by atoms with van der Waals surface area (Å²) >= 11 is 0. The standard InChI is InChI=1S/C45H62N6O10/c1-7-8-10-19-38(53)50-42(56)39(47)34(25-52)24-48-40(54)30(3)51(44(58)61-45(4,5)6)43(57)29(2)49-41(55)37(46)28-59-27-33-17-13-14-18-36(33)32-20-22-35(23-21-32)60-26-31-15-11-9-12-16-31/h9,11-18,20-23,29-30,34,37,39,52H,7-8,10,19,24-28,46-47H2,1-6H3,(H,48,54)(H,49,55)(H,50,53,56)/t29-,30-,34?,37-,39?/m0/s1. The molecule has 61 heavy (non-hydrogen) atoms. The summed E-state index contributed by atoms with van der Waals surface area (Å²) in [5.74, 6) is -4.19. The van der Waals surface area contributed by atoms with Gasteiger partial charge in [0.15, 0.2) is 0 Å². The second kappa shape index (κ2) is 24.5. The number of hydrogen-bond donors (Lipinski definition) is 6. The molecule has 0 aliphatic heterocycles. The molecule has 5 atom stereocenters. The molecule has 0 heterocycles. The van der Waals surface area contributed by atoms with Crippen molar-refractivity contribution >= 4 is 35.6 Å². The number of hydrogen-bond acceptors (Lipinski definition) is 12. The maximum Gasteiger partial charge on any atom is 0.417 e. The molecule has 16 nitrogen and oxygen atoms in total. The summed E-state index contributed by atoms with van der Waals surface area (Å²) in [6.07, 6.45) is 1.28. The first kappa shape index (κ1) is 49.7. The van der Waals surface area contributed by atoms with Crippen LogP contribution in [0.15, 0.2) is 78.9 Å². The molecule has 2 unspecified atom stereocenters. The van der Waals surface area contributed by atoms with Gasteiger partial charge in [0.1, 0.15) is 36.1 Å². The van der Waals surface area contributed by atoms with Gasteiger partial charge in [-0.25, -0.2) is 9.69 Å². The lowest BCUT2D eigenvalue weighted by atomic mass is 10.00. The highest BCUT2D eigenvalue weighted by Gasteiger charge is 2.38. The number of nitrogens with zero attached hydrogens (tertiary/aromatic N) is 1. The lowest BCUT2D eigenvalue weighted by Crippen LogP contribution is -2.59. The number of ether oxygens (including phenoxy) is 3. The van der Waals surface area contributed by atoms with Gasteiger partial charge in [0.25, 0.3) is 5.91 Å². The fraction of sp³-hybridized carbons (Fsp3) is 0.467. The average Bonchev–Trinajstić information content (AvgIpc) is 3.23. The summed E-state index contributed by atoms with van der Waals surface area (Å²) in [6.45, 7) is 8.70. The topological polar surface area (TPSA) is 242 Å². The van der Waals surface area contributed by atoms with Gasteiger partial charge < -0.3 is 41.4 Å². The Morgan fingerprint density at radius 1 is 0.820 bits per heavy atom. The second-order valence-electron chi connectivity index (χ2n) is 15.8. The van der Waals surface area contributed by atoms with Gasteiger partial charge in [-0.15, -0.1) is 0 Å². The molecule has 16 heteroatoms. The molecule has 0 aromatic heterocycles. The minimum atomic E-state index is -1.48. The summed E-state index contributed by atoms with van der Waals surface area (Å²) < 4.78 is 17.2. The highest BCUT2D eigenvalue weighted by atomic mass is 16.6. The SMILES string of the molecule is CCCCCC(=O)NC(=O)C(N)C(CO)CNC(=O)[C@H](C)N(C(=O)OC(C)(C)C)C(=O)[C@H](C)NC(=O)[C@@H](N)COCc1ccccc1-c1ccc(OCc2ccccc2)cc1. The number of aliphatic hydroxyl groups is 1. The molecule has 332 valence electrons. The van der Waals surface area contributed by atoms with E-state index in [0.717, 1.165) is 40.8 Å². The van der Waals surface area contributed by atoms with Crippen LogP contribution in [0.5, 0.6) is 5.75 Å². The van der Waals surface area contributed by atoms with Gasteiger partial charge in [-0.1, -0.05) is 86.5 Å². The van der Waals surface area contributed by atoms with E-state index in [2.05, 4.69) is 16.0 Å². The number of carbonyl (C=O) groups excluding carboxylic acids is 6. The van der Waals surface area contributed by atoms with Crippen LogP contribution in [0.25, 0.3) is 11.1 Å². The molecule has 3 aromatic rings. The number of carbonyl (C=O) groups is 6. The molecule has 6 amide bonds. The Morgan fingerprint density at radius 3 is 2.11 bits per heavy atom. The van der Waals surface area contributed by atoms with Gasteiger partial charge in [-0.2, -0.15) is 0 Å². The Balaban J connectivity index is 1.59. The van der Waals surface area contributed by atoms with Crippen LogP contribution in [0.2, 0.25) is 0 Å². The molecule has 0 aliphatic carbocycles. The minimum absolute atomic E-state index is 0.126. The molecule has 0 fully saturated rings. The van der Waals surface area contributed by atoms with Crippen LogP contribution < -0.4 is 32.2 Å². The van der Waals surface area contributed by atoms with Crippen molar-refractivity contribution in [3.63, 3.8) is 0 Å². The van der Waals surface area contributed by atoms with Crippen molar-refractivity contribution < 1.29 is 48.1 Å². The molecule has 0 saturated heterocycles. The first-order valence-electron chi connectivity index (χ1n) is 20.5. The van der Waals surface area contributed by atoms with E-state index in [4.69, 9.17) is 25.7 Å². The summed E-state index contributed by atoms with van der Waals surface area (Å²) in [7, 11) is 0. The van der Waals surface area contributed by atoms with Crippen molar-refractivity contribution in [1.29, 1.82) is 0 Å². The zero-order valence-electron chi connectivity index (χ0n) is 36.0. The van der Waals surface area contributed by atoms with Crippen LogP contribution >= 0.6 is 0 Å². The molecule has 8 N–H and O–H groups in total. The van der Waals surface area contributed by atoms with Crippen molar-refractivity contribution in [2.45, 2.75) is 110 Å². The number of nitrogens with one attached hydrogen (secondary N) is 3. The van der Waals surface area contributed by atoms with E-state index in [1.54, 1.807) is 20.8 Å². The molecule has 0 spiro atoms. The summed E-state index contributed by atoms with van der Waals surface area (Å²) in [5, 5.41) is 17.2. The third-order valence-corrected chi connectivity index (χ3v) is 9.50. The largest absolute Gasteiger partial charge is 0.489 e. The monoisotopic (exact) mass is 846 g/mol. The van der Waals surface area contributed by atoms with Crippen molar-refractivity contribution in [2.75, 3.05) is 19.8 Å². The number of aliphatic hydroxyl groups excluding tert-OH is 1. The highest BCUT2D eigenvalue weighted by molar-refractivity contribution is 6.01. The van der Waals surface area contributed by atoms with Crippen molar-refractivity contribution in [1.82, 2.24) is 20.9 Å². The molecule has 3 rings (SSSR count). The lowest BCUT2D eigenvalue weighted by molar-refractivity contribution is -0.142. The number of imide groups is 2. The summed E-state index contributed by atoms with van der Waals surface area (Å²) in [5.41, 5.74) is 14.9. The van der Waals surface area contributed by atoms with E-state index in [0.29, 0.717) is 17.9 Å². The van der Waals surface area contributed by atoms with Crippen molar-refractivity contribution in [3.8, 4) is 16.9 Å². The maximum atomic E-state index is 13.8. The van der Waals surface area contributed by atoms with E-state index in [9.17, 15) is 33.9 Å². The average molecular weight is 847 g/mol. The van der Waals surface area contributed by atoms with Crippen molar-refractivity contribution in [3.05, 3.63) is 90.0 Å². The number of amides is 6. The van der Waals surface area contributed by atoms with Crippen LogP contribution in [-0.4, -0.2) is 95.2 Å². The Labute approximate surface area is 358 Å². The predicted octanol–water partition coefficient (Wildman–Crippen LogP) is 3.71. The smallest absolute Gasteiger partial charge is 0.417 e. The highest BCUT2D eigenvalue weighted by Crippen LogP contribution is 2.27. The number of nitrogens with two attached hydrogens (primary N) is 2. The number of benzene rings is 3. The molecular formula is C45H62N6O10. The maximum absolute atomic E-state index is 13.8. The zero-order chi connectivity index (χ0) is 45.1. The fourth-order valence-electron chi connectivity index (χ4n) is 5.95. The Morgan fingerprint density at radius 2 is 1.48 bits per heavy atom. The van der Waals surface area contributed by atoms with Crippen LogP contribution in [0.4, 0.5) is 4.79 Å². The van der Waals surface area contributed by atoms with Crippen LogP contribution in [-0.2, 0) is 46.7 Å². The lowest BCUT2D eigenvalue weighted by Gasteiger charge is -2.32. The van der Waals surface area contributed by atoms with Gasteiger partial charge in [0.05, 0.1) is 19.3 Å². The summed E-state index contributed by atoms with van der Waals surface area (Å²) in [4.78, 5) is 79.0. The molecule has 0 saturated carbocycles. The van der Waals surface area contributed by atoms with Gasteiger partial charge in [-0.3, -0.25) is 29.3 Å². The van der Waals surface area contributed by atoms with E-state index in [1.165, 1.54) is 13.8 Å². The molecule has 0 aliphatic rings. The Hall–Kier alpha value is -5.68. The van der Waals surface area contributed by atoms with E-state index in [-0.39, 0.29) is 26.2 Å². The number of rotatable bonds is 22. The van der Waals surface area contributed by atoms with Gasteiger partial charge in [-0.05, 0) is 75.4 Å². The third-order valence-electron chi connectivity index (χ3n) is 9.50. The Kier molecular flexibility index (Phi) is 20.0. The van der Waals surface area contributed by atoms with Gasteiger partial charge in [0.2, 0.25) is 23.6 Å². The van der Waals surface area contributed by atoms with Crippen molar-refractivity contribution in [2.24, 2.45) is 17.4 Å². The quantitative estimate of drug-likeness (QED) is 0.0794. The third kappa shape index (κ3) is 16.4. The molecule has 0 radical (unpaired) electrons. The fourth-order valence-corrected chi connectivity index (χ4v) is 5.95. The van der Waals surface area contributed by atoms with E-state index in [1.807, 2.05) is 85.8 Å². The predicted molar refractivity (Wildman–Crippen MR) is 229 cm³/mol. The zero-order valence-corrected chi connectivity index (χ0v) is 36.0. The Bertz CT molecular complexity index is 1900. The van der Waals surface area contributed by atoms with Crippen LogP contribution in [0.3, 0.4) is 0 Å². The van der Waals surface area contributed by atoms with Gasteiger partial charge in [0, 0.05) is 25.5 Å². The van der Waals surface area contributed by atoms with Crippen LogP contribution in [0.1, 0.15) is 78.4 Å².